The van der Waals surface area contributed by atoms with Crippen molar-refractivity contribution in [2.45, 2.75) is 19.9 Å². The summed E-state index contributed by atoms with van der Waals surface area (Å²) in [6.07, 6.45) is 0.137. The van der Waals surface area contributed by atoms with Gasteiger partial charge >= 0.3 is 6.43 Å². The molecular weight excluding hydrogens is 351 g/mol. The highest BCUT2D eigenvalue weighted by atomic mass is 19.3. The van der Waals surface area contributed by atoms with Crippen molar-refractivity contribution in [2.75, 3.05) is 6.54 Å². The number of carbonyl (C=O) groups excluding carboxylic acids is 1. The molecule has 1 N–H and O–H groups in total. The molecule has 0 bridgehead atoms. The molecule has 26 heavy (non-hydrogen) atoms. The molecular formula is C16H14F3N5O2. The highest BCUT2D eigenvalue weighted by molar-refractivity contribution is 5.76. The Hall–Kier alpha value is -3.17. The van der Waals surface area contributed by atoms with Gasteiger partial charge in [-0.15, -0.1) is 10.2 Å². The minimum absolute atomic E-state index is 0.00507. The van der Waals surface area contributed by atoms with Crippen LogP contribution in [0.3, 0.4) is 0 Å². The van der Waals surface area contributed by atoms with Crippen molar-refractivity contribution in [2.24, 2.45) is 0 Å². The first-order valence-corrected chi connectivity index (χ1v) is 7.68. The topological polar surface area (TPSA) is 85.8 Å². The average Bonchev–Trinajstić information content (AvgIpc) is 3.23. The van der Waals surface area contributed by atoms with Gasteiger partial charge in [0.25, 0.3) is 5.89 Å². The molecule has 2 heterocycles. The fraction of sp³-hybridized carbons (Fsp3) is 0.250. The third-order valence-electron chi connectivity index (χ3n) is 3.43. The molecule has 0 fully saturated rings. The zero-order valence-electron chi connectivity index (χ0n) is 13.6. The molecule has 7 nitrogen and oxygen atoms in total. The van der Waals surface area contributed by atoms with Crippen LogP contribution in [-0.2, 0) is 11.3 Å². The molecule has 1 amide bonds. The van der Waals surface area contributed by atoms with E-state index in [1.165, 1.54) is 18.3 Å². The van der Waals surface area contributed by atoms with Crippen LogP contribution in [-0.4, -0.2) is 32.2 Å². The molecule has 0 spiro atoms. The van der Waals surface area contributed by atoms with Gasteiger partial charge in [-0.25, -0.2) is 9.37 Å². The minimum Gasteiger partial charge on any atom is -0.415 e. The van der Waals surface area contributed by atoms with Gasteiger partial charge in [0.15, 0.2) is 0 Å². The summed E-state index contributed by atoms with van der Waals surface area (Å²) in [7, 11) is 0. The Morgan fingerprint density at radius 3 is 2.73 bits per heavy atom. The van der Waals surface area contributed by atoms with Gasteiger partial charge < -0.3 is 14.3 Å². The number of alkyl halides is 2. The molecule has 136 valence electrons. The number of hydrogen-bond donors (Lipinski definition) is 1. The van der Waals surface area contributed by atoms with Crippen LogP contribution in [0, 0.1) is 5.82 Å². The van der Waals surface area contributed by atoms with E-state index < -0.39 is 18.1 Å². The lowest BCUT2D eigenvalue weighted by atomic mass is 10.1. The number of likely N-dealkylation sites (N-methyl/N-ethyl adjacent to an activating group) is 1. The van der Waals surface area contributed by atoms with Crippen LogP contribution in [0.2, 0.25) is 0 Å². The largest absolute Gasteiger partial charge is 0.415 e. The third-order valence-corrected chi connectivity index (χ3v) is 3.43. The van der Waals surface area contributed by atoms with Crippen molar-refractivity contribution in [1.82, 2.24) is 25.1 Å². The van der Waals surface area contributed by atoms with Crippen LogP contribution in [0.25, 0.3) is 22.8 Å². The quantitative estimate of drug-likeness (QED) is 0.726. The van der Waals surface area contributed by atoms with Crippen molar-refractivity contribution in [3.05, 3.63) is 42.3 Å². The molecule has 0 aliphatic heterocycles. The number of imidazole rings is 1. The monoisotopic (exact) mass is 365 g/mol. The molecule has 3 aromatic rings. The molecule has 0 radical (unpaired) electrons. The molecule has 0 aliphatic rings. The molecule has 0 atom stereocenters. The Bertz CT molecular complexity index is 922. The number of amides is 1. The molecule has 3 rings (SSSR count). The van der Waals surface area contributed by atoms with Crippen molar-refractivity contribution < 1.29 is 22.4 Å². The maximum Gasteiger partial charge on any atom is 0.314 e. The van der Waals surface area contributed by atoms with Crippen molar-refractivity contribution in [1.29, 1.82) is 0 Å². The van der Waals surface area contributed by atoms with Gasteiger partial charge in [-0.3, -0.25) is 4.79 Å². The normalized spacial score (nSPS) is 11.1. The zero-order valence-corrected chi connectivity index (χ0v) is 13.6. The van der Waals surface area contributed by atoms with Crippen LogP contribution in [0.4, 0.5) is 13.2 Å². The third kappa shape index (κ3) is 3.73. The first kappa shape index (κ1) is 17.6. The van der Waals surface area contributed by atoms with Gasteiger partial charge in [0.1, 0.15) is 18.2 Å². The summed E-state index contributed by atoms with van der Waals surface area (Å²) in [6, 6.07) is 3.77. The van der Waals surface area contributed by atoms with E-state index in [1.54, 1.807) is 17.7 Å². The van der Waals surface area contributed by atoms with E-state index in [2.05, 4.69) is 20.5 Å². The van der Waals surface area contributed by atoms with E-state index >= 15 is 0 Å². The predicted octanol–water partition coefficient (Wildman–Crippen LogP) is 2.81. The first-order valence-electron chi connectivity index (χ1n) is 7.68. The molecule has 0 saturated carbocycles. The van der Waals surface area contributed by atoms with E-state index in [0.29, 0.717) is 17.9 Å². The molecule has 1 aromatic carbocycles. The molecule has 0 aliphatic carbocycles. The lowest BCUT2D eigenvalue weighted by molar-refractivity contribution is -0.121. The average molecular weight is 365 g/mol. The Morgan fingerprint density at radius 1 is 1.27 bits per heavy atom. The fourth-order valence-electron chi connectivity index (χ4n) is 2.39. The maximum atomic E-state index is 14.0. The van der Waals surface area contributed by atoms with E-state index in [-0.39, 0.29) is 23.9 Å². The highest BCUT2D eigenvalue weighted by Crippen LogP contribution is 2.28. The molecule has 0 unspecified atom stereocenters. The number of aromatic nitrogens is 4. The minimum atomic E-state index is -2.92. The zero-order chi connectivity index (χ0) is 18.7. The standard InChI is InChI=1S/C16H14F3N5O2/c1-2-20-12(25)8-24-4-3-21-14(24)9-5-10(7-11(17)6-9)15-22-23-16(26-15)13(18)19/h3-7,13H,2,8H2,1H3,(H,20,25). The smallest absolute Gasteiger partial charge is 0.314 e. The Morgan fingerprint density at radius 2 is 2.04 bits per heavy atom. The Balaban J connectivity index is 1.96. The van der Waals surface area contributed by atoms with Crippen LogP contribution >= 0.6 is 0 Å². The van der Waals surface area contributed by atoms with Gasteiger partial charge in [-0.05, 0) is 25.1 Å². The van der Waals surface area contributed by atoms with Crippen LogP contribution in [0.15, 0.2) is 35.0 Å². The van der Waals surface area contributed by atoms with E-state index in [1.807, 2.05) is 0 Å². The highest BCUT2D eigenvalue weighted by Gasteiger charge is 2.19. The van der Waals surface area contributed by atoms with Crippen molar-refractivity contribution in [3.63, 3.8) is 0 Å². The number of benzene rings is 1. The molecule has 10 heteroatoms. The summed E-state index contributed by atoms with van der Waals surface area (Å²) in [5, 5.41) is 9.40. The van der Waals surface area contributed by atoms with Crippen LogP contribution < -0.4 is 5.32 Å². The number of carbonyl (C=O) groups is 1. The van der Waals surface area contributed by atoms with Gasteiger partial charge in [0.05, 0.1) is 0 Å². The number of hydrogen-bond acceptors (Lipinski definition) is 5. The lowest BCUT2D eigenvalue weighted by Gasteiger charge is -2.09. The van der Waals surface area contributed by atoms with Gasteiger partial charge in [-0.1, -0.05) is 0 Å². The Kier molecular flexibility index (Phi) is 5.01. The van der Waals surface area contributed by atoms with E-state index in [9.17, 15) is 18.0 Å². The van der Waals surface area contributed by atoms with Crippen LogP contribution in [0.1, 0.15) is 19.2 Å². The summed E-state index contributed by atoms with van der Waals surface area (Å²) >= 11 is 0. The molecule has 0 saturated heterocycles. The van der Waals surface area contributed by atoms with Gasteiger partial charge in [-0.2, -0.15) is 8.78 Å². The number of rotatable bonds is 6. The second kappa shape index (κ2) is 7.38. The van der Waals surface area contributed by atoms with Crippen molar-refractivity contribution in [3.8, 4) is 22.8 Å². The fourth-order valence-corrected chi connectivity index (χ4v) is 2.39. The number of halogens is 3. The van der Waals surface area contributed by atoms with Crippen molar-refractivity contribution >= 4 is 5.91 Å². The van der Waals surface area contributed by atoms with Gasteiger partial charge in [0.2, 0.25) is 11.8 Å². The lowest BCUT2D eigenvalue weighted by Crippen LogP contribution is -2.27. The maximum absolute atomic E-state index is 14.0. The number of nitrogens with zero attached hydrogens (tertiary/aromatic N) is 4. The second-order valence-electron chi connectivity index (χ2n) is 5.31. The summed E-state index contributed by atoms with van der Waals surface area (Å²) in [5.41, 5.74) is 0.470. The summed E-state index contributed by atoms with van der Waals surface area (Å²) in [6.45, 7) is 2.28. The van der Waals surface area contributed by atoms with E-state index in [0.717, 1.165) is 6.07 Å². The SMILES string of the molecule is CCNC(=O)Cn1ccnc1-c1cc(F)cc(-c2nnc(C(F)F)o2)c1. The Labute approximate surface area is 145 Å². The first-order chi connectivity index (χ1) is 12.5. The van der Waals surface area contributed by atoms with Crippen LogP contribution in [0.5, 0.6) is 0 Å². The summed E-state index contributed by atoms with van der Waals surface area (Å²) in [4.78, 5) is 15.9. The molecule has 2 aromatic heterocycles. The summed E-state index contributed by atoms with van der Waals surface area (Å²) in [5.74, 6) is -1.60. The number of nitrogens with one attached hydrogen (secondary N) is 1. The van der Waals surface area contributed by atoms with Gasteiger partial charge in [0, 0.05) is 30.1 Å². The summed E-state index contributed by atoms with van der Waals surface area (Å²) < 4.78 is 45.6. The van der Waals surface area contributed by atoms with E-state index in [4.69, 9.17) is 4.42 Å². The second-order valence-corrected chi connectivity index (χ2v) is 5.31. The predicted molar refractivity (Wildman–Crippen MR) is 84.6 cm³/mol.